The molecular weight excluding hydrogens is 430 g/mol. The third-order valence-corrected chi connectivity index (χ3v) is 5.67. The van der Waals surface area contributed by atoms with Crippen molar-refractivity contribution in [2.24, 2.45) is 16.6 Å². The van der Waals surface area contributed by atoms with E-state index in [1.54, 1.807) is 18.2 Å². The van der Waals surface area contributed by atoms with Gasteiger partial charge in [-0.05, 0) is 30.7 Å². The molecule has 2 heterocycles. The van der Waals surface area contributed by atoms with Crippen molar-refractivity contribution >= 4 is 52.4 Å². The van der Waals surface area contributed by atoms with E-state index in [0.717, 1.165) is 0 Å². The lowest BCUT2D eigenvalue weighted by Crippen LogP contribution is -2.39. The van der Waals surface area contributed by atoms with Crippen LogP contribution in [-0.4, -0.2) is 29.7 Å². The van der Waals surface area contributed by atoms with Gasteiger partial charge in [0.05, 0.1) is 10.0 Å². The average Bonchev–Trinajstić information content (AvgIpc) is 3.42. The molecule has 0 bridgehead atoms. The molecule has 4 rings (SSSR count). The van der Waals surface area contributed by atoms with E-state index < -0.39 is 18.1 Å². The van der Waals surface area contributed by atoms with Gasteiger partial charge in [0.2, 0.25) is 0 Å². The number of nitrogens with one attached hydrogen (secondary N) is 1. The summed E-state index contributed by atoms with van der Waals surface area (Å²) in [6.45, 7) is -0.792. The van der Waals surface area contributed by atoms with Gasteiger partial charge in [-0.15, -0.1) is 0 Å². The molecule has 1 aliphatic carbocycles. The minimum Gasteiger partial charge on any atom is -0.462 e. The van der Waals surface area contributed by atoms with Crippen LogP contribution in [0.2, 0.25) is 15.1 Å². The topological polar surface area (TPSA) is 89.6 Å². The van der Waals surface area contributed by atoms with Crippen LogP contribution in [0.5, 0.6) is 0 Å². The van der Waals surface area contributed by atoms with Gasteiger partial charge in [-0.2, -0.15) is 0 Å². The van der Waals surface area contributed by atoms with Gasteiger partial charge in [-0.25, -0.2) is 14.4 Å². The normalized spacial score (nSPS) is 25.4. The Morgan fingerprint density at radius 3 is 2.82 bits per heavy atom. The molecule has 10 heteroatoms. The van der Waals surface area contributed by atoms with Crippen LogP contribution in [0, 0.1) is 5.92 Å². The van der Waals surface area contributed by atoms with Crippen LogP contribution in [0.25, 0.3) is 0 Å². The number of amides is 1. The van der Waals surface area contributed by atoms with Crippen LogP contribution in [0.1, 0.15) is 22.5 Å². The summed E-state index contributed by atoms with van der Waals surface area (Å²) in [5.74, 6) is -0.704. The minimum absolute atomic E-state index is 0.0124. The van der Waals surface area contributed by atoms with Crippen molar-refractivity contribution in [3.05, 3.63) is 56.8 Å². The molecule has 1 fully saturated rings. The average molecular weight is 444 g/mol. The number of hydrogen-bond donors (Lipinski definition) is 2. The number of aliphatic imine (C=N–C) groups is 1. The van der Waals surface area contributed by atoms with Gasteiger partial charge in [-0.3, -0.25) is 4.79 Å². The molecule has 1 amide bonds. The summed E-state index contributed by atoms with van der Waals surface area (Å²) >= 11 is 18.2. The van der Waals surface area contributed by atoms with E-state index in [1.807, 2.05) is 0 Å². The maximum absolute atomic E-state index is 14.2. The highest BCUT2D eigenvalue weighted by molar-refractivity contribution is 6.36. The minimum atomic E-state index is -1.24. The number of carbonyl (C=O) groups is 1. The number of benzene rings is 1. The van der Waals surface area contributed by atoms with Gasteiger partial charge in [0, 0.05) is 28.4 Å². The summed E-state index contributed by atoms with van der Waals surface area (Å²) in [5, 5.41) is 3.43. The molecule has 1 aliphatic heterocycles. The summed E-state index contributed by atoms with van der Waals surface area (Å²) in [5.41, 5.74) is 5.33. The Balaban J connectivity index is 1.68. The maximum Gasteiger partial charge on any atom is 0.283 e. The van der Waals surface area contributed by atoms with Crippen molar-refractivity contribution < 1.29 is 13.9 Å². The van der Waals surface area contributed by atoms with Gasteiger partial charge in [0.1, 0.15) is 24.0 Å². The molecule has 146 valence electrons. The fourth-order valence-corrected chi connectivity index (χ4v) is 4.18. The van der Waals surface area contributed by atoms with Crippen LogP contribution in [0.3, 0.4) is 0 Å². The third kappa shape index (κ3) is 3.27. The molecule has 3 atom stereocenters. The van der Waals surface area contributed by atoms with E-state index in [1.165, 1.54) is 12.3 Å². The van der Waals surface area contributed by atoms with Crippen molar-refractivity contribution in [1.29, 1.82) is 0 Å². The first-order valence-corrected chi connectivity index (χ1v) is 9.48. The van der Waals surface area contributed by atoms with E-state index in [4.69, 9.17) is 45.3 Å². The monoisotopic (exact) mass is 442 g/mol. The summed E-state index contributed by atoms with van der Waals surface area (Å²) in [6, 6.07) is 6.10. The van der Waals surface area contributed by atoms with Crippen molar-refractivity contribution in [2.45, 2.75) is 18.1 Å². The number of ether oxygens (including phenoxy) is 1. The van der Waals surface area contributed by atoms with Gasteiger partial charge in [0.25, 0.3) is 11.9 Å². The largest absolute Gasteiger partial charge is 0.462 e. The predicted octanol–water partition coefficient (Wildman–Crippen LogP) is 4.19. The van der Waals surface area contributed by atoms with Gasteiger partial charge in [-0.1, -0.05) is 34.8 Å². The molecule has 1 aromatic heterocycles. The smallest absolute Gasteiger partial charge is 0.283 e. The first-order chi connectivity index (χ1) is 13.3. The van der Waals surface area contributed by atoms with E-state index >= 15 is 0 Å². The molecule has 1 unspecified atom stereocenters. The number of pyridine rings is 1. The van der Waals surface area contributed by atoms with Gasteiger partial charge >= 0.3 is 0 Å². The number of alkyl halides is 1. The van der Waals surface area contributed by atoms with Crippen LogP contribution in [0.15, 0.2) is 35.5 Å². The highest BCUT2D eigenvalue weighted by Crippen LogP contribution is 2.54. The van der Waals surface area contributed by atoms with Crippen molar-refractivity contribution in [2.75, 3.05) is 12.0 Å². The van der Waals surface area contributed by atoms with E-state index in [0.29, 0.717) is 27.7 Å². The van der Waals surface area contributed by atoms with E-state index in [-0.39, 0.29) is 28.8 Å². The van der Waals surface area contributed by atoms with Crippen molar-refractivity contribution in [1.82, 2.24) is 4.98 Å². The number of halogens is 4. The fourth-order valence-electron chi connectivity index (χ4n) is 3.43. The Morgan fingerprint density at radius 1 is 1.32 bits per heavy atom. The van der Waals surface area contributed by atoms with E-state index in [9.17, 15) is 9.18 Å². The summed E-state index contributed by atoms with van der Waals surface area (Å²) < 4.78 is 19.6. The number of fused-ring (bicyclic) bond motifs is 1. The summed E-state index contributed by atoms with van der Waals surface area (Å²) in [7, 11) is 0. The second-order valence-electron chi connectivity index (χ2n) is 6.64. The Kier molecular flexibility index (Phi) is 4.85. The van der Waals surface area contributed by atoms with Crippen LogP contribution < -0.4 is 11.1 Å². The van der Waals surface area contributed by atoms with Gasteiger partial charge in [0.15, 0.2) is 0 Å². The lowest BCUT2D eigenvalue weighted by atomic mass is 9.85. The second-order valence-corrected chi connectivity index (χ2v) is 7.89. The zero-order valence-electron chi connectivity index (χ0n) is 14.3. The highest BCUT2D eigenvalue weighted by atomic mass is 35.5. The molecule has 2 aromatic rings. The highest BCUT2D eigenvalue weighted by Gasteiger charge is 2.59. The molecule has 6 nitrogen and oxygen atoms in total. The van der Waals surface area contributed by atoms with Crippen LogP contribution in [0.4, 0.5) is 10.1 Å². The first-order valence-electron chi connectivity index (χ1n) is 8.34. The predicted molar refractivity (Wildman–Crippen MR) is 106 cm³/mol. The van der Waals surface area contributed by atoms with E-state index in [2.05, 4.69) is 15.3 Å². The molecule has 1 saturated carbocycles. The molecule has 0 radical (unpaired) electrons. The number of carbonyl (C=O) groups excluding carboxylic acids is 1. The molecular formula is C18H14Cl3FN4O2. The fraction of sp³-hybridized carbons (Fsp3) is 0.278. The number of rotatable bonds is 4. The third-order valence-electron chi connectivity index (χ3n) is 4.84. The number of hydrogen-bond acceptors (Lipinski definition) is 5. The molecule has 3 N–H and O–H groups in total. The number of anilines is 1. The van der Waals surface area contributed by atoms with Gasteiger partial charge < -0.3 is 15.8 Å². The Bertz CT molecular complexity index is 1000. The number of aromatic nitrogens is 1. The molecule has 1 aromatic carbocycles. The number of amidine groups is 1. The number of nitrogens with zero attached hydrogens (tertiary/aromatic N) is 2. The SMILES string of the molecule is NC1=N[C@](CF)(c2cc(NC(=O)c3ncc(Cl)cc3Cl)ccc2Cl)C2C[C@H]2O1. The molecule has 0 saturated heterocycles. The standard InChI is InChI=1S/C18H14Cl3FN4O2/c19-8-3-13(21)15(24-6-8)16(27)25-9-1-2-12(20)10(4-9)18(7-22)11-5-14(11)28-17(23)26-18/h1-4,6,11,14H,5,7H2,(H2,23,26)(H,25,27)/t11?,14-,18-/m1/s1. The van der Waals surface area contributed by atoms with Crippen molar-refractivity contribution in [3.8, 4) is 0 Å². The molecule has 2 aliphatic rings. The first kappa shape index (κ1) is 19.2. The maximum atomic E-state index is 14.2. The lowest BCUT2D eigenvalue weighted by molar-refractivity contribution is 0.102. The zero-order chi connectivity index (χ0) is 20.1. The molecule has 28 heavy (non-hydrogen) atoms. The molecule has 0 spiro atoms. The van der Waals surface area contributed by atoms with Crippen molar-refractivity contribution in [3.63, 3.8) is 0 Å². The Labute approximate surface area is 174 Å². The quantitative estimate of drug-likeness (QED) is 0.741. The van der Waals surface area contributed by atoms with Crippen LogP contribution in [-0.2, 0) is 10.3 Å². The number of nitrogens with two attached hydrogens (primary N) is 1. The Morgan fingerprint density at radius 2 is 2.11 bits per heavy atom. The second kappa shape index (κ2) is 7.06. The Hall–Kier alpha value is -2.09. The summed E-state index contributed by atoms with van der Waals surface area (Å²) in [6.07, 6.45) is 1.77. The zero-order valence-corrected chi connectivity index (χ0v) is 16.5. The summed E-state index contributed by atoms with van der Waals surface area (Å²) in [4.78, 5) is 20.7. The van der Waals surface area contributed by atoms with Crippen LogP contribution >= 0.6 is 34.8 Å². The lowest BCUT2D eigenvalue weighted by Gasteiger charge is -2.32.